The Hall–Kier alpha value is -2.80. The Labute approximate surface area is 253 Å². The molecule has 3 aromatic carbocycles. The van der Waals surface area contributed by atoms with E-state index in [1.54, 1.807) is 0 Å². The maximum absolute atomic E-state index is 12.7. The van der Waals surface area contributed by atoms with Crippen LogP contribution < -0.4 is 9.47 Å². The van der Waals surface area contributed by atoms with Gasteiger partial charge in [-0.2, -0.15) is 0 Å². The van der Waals surface area contributed by atoms with Crippen LogP contribution in [-0.2, 0) is 19.1 Å². The molecule has 0 aliphatic heterocycles. The largest absolute Gasteiger partial charge is 0.481 e. The highest BCUT2D eigenvalue weighted by Gasteiger charge is 2.21. The Balaban J connectivity index is 1.80. The molecule has 0 bridgehead atoms. The number of esters is 2. The first-order chi connectivity index (χ1) is 19.9. The van der Waals surface area contributed by atoms with Gasteiger partial charge in [0.1, 0.15) is 11.5 Å². The van der Waals surface area contributed by atoms with Gasteiger partial charge in [0.25, 0.3) is 0 Å². The smallest absolute Gasteiger partial charge is 0.344 e. The van der Waals surface area contributed by atoms with Crippen LogP contribution in [0.15, 0.2) is 46.9 Å². The first-order valence-corrected chi connectivity index (χ1v) is 15.9. The van der Waals surface area contributed by atoms with Gasteiger partial charge in [0.2, 0.25) is 0 Å². The molecule has 0 aromatic heterocycles. The van der Waals surface area contributed by atoms with E-state index in [1.807, 2.05) is 42.5 Å². The highest BCUT2D eigenvalue weighted by Crippen LogP contribution is 2.45. The van der Waals surface area contributed by atoms with Gasteiger partial charge in [0.15, 0.2) is 13.2 Å². The molecule has 6 nitrogen and oxygen atoms in total. The van der Waals surface area contributed by atoms with E-state index in [-0.39, 0.29) is 19.2 Å². The Kier molecular flexibility index (Phi) is 13.7. The summed E-state index contributed by atoms with van der Waals surface area (Å²) in [5.74, 6) is 1.08. The number of ether oxygens (including phenoxy) is 4. The van der Waals surface area contributed by atoms with Crippen molar-refractivity contribution in [1.82, 2.24) is 0 Å². The molecule has 0 spiro atoms. The monoisotopic (exact) mass is 628 g/mol. The Bertz CT molecular complexity index is 1270. The molecule has 0 saturated heterocycles. The molecule has 0 aliphatic carbocycles. The number of halogens is 1. The van der Waals surface area contributed by atoms with Crippen molar-refractivity contribution in [3.8, 4) is 11.5 Å². The van der Waals surface area contributed by atoms with Gasteiger partial charge in [-0.25, -0.2) is 9.59 Å². The van der Waals surface area contributed by atoms with Crippen molar-refractivity contribution in [3.05, 3.63) is 46.9 Å². The van der Waals surface area contributed by atoms with E-state index in [0.29, 0.717) is 36.5 Å². The predicted molar refractivity (Wildman–Crippen MR) is 169 cm³/mol. The summed E-state index contributed by atoms with van der Waals surface area (Å²) >= 11 is 3.66. The van der Waals surface area contributed by atoms with Gasteiger partial charge in [-0.1, -0.05) is 119 Å². The van der Waals surface area contributed by atoms with Crippen LogP contribution in [0.2, 0.25) is 0 Å². The highest BCUT2D eigenvalue weighted by molar-refractivity contribution is 9.10. The van der Waals surface area contributed by atoms with Crippen LogP contribution in [0.3, 0.4) is 0 Å². The Morgan fingerprint density at radius 3 is 1.68 bits per heavy atom. The Morgan fingerprint density at radius 1 is 0.683 bits per heavy atom. The summed E-state index contributed by atoms with van der Waals surface area (Å²) < 4.78 is 24.2. The fraction of sp³-hybridized carbons (Fsp3) is 0.529. The molecule has 7 heteroatoms. The van der Waals surface area contributed by atoms with E-state index < -0.39 is 5.97 Å². The van der Waals surface area contributed by atoms with Crippen LogP contribution in [0.25, 0.3) is 21.5 Å². The molecule has 0 aliphatic rings. The molecule has 0 radical (unpaired) electrons. The van der Waals surface area contributed by atoms with Crippen molar-refractivity contribution in [2.24, 2.45) is 11.8 Å². The van der Waals surface area contributed by atoms with Crippen LogP contribution >= 0.6 is 15.9 Å². The number of fused-ring (bicyclic) bond motifs is 2. The van der Waals surface area contributed by atoms with Crippen molar-refractivity contribution in [1.29, 1.82) is 0 Å². The first kappa shape index (κ1) is 32.7. The Morgan fingerprint density at radius 2 is 1.17 bits per heavy atom. The molecule has 224 valence electrons. The molecule has 2 atom stereocenters. The van der Waals surface area contributed by atoms with E-state index in [9.17, 15) is 9.59 Å². The van der Waals surface area contributed by atoms with Crippen LogP contribution in [0.5, 0.6) is 11.5 Å². The summed E-state index contributed by atoms with van der Waals surface area (Å²) in [7, 11) is 0. The van der Waals surface area contributed by atoms with Gasteiger partial charge in [-0.3, -0.25) is 0 Å². The quantitative estimate of drug-likeness (QED) is 0.103. The summed E-state index contributed by atoms with van der Waals surface area (Å²) in [6, 6.07) is 13.4. The van der Waals surface area contributed by atoms with Crippen molar-refractivity contribution in [2.45, 2.75) is 79.1 Å². The van der Waals surface area contributed by atoms with E-state index >= 15 is 0 Å². The molecule has 2 unspecified atom stereocenters. The molecular weight excluding hydrogens is 584 g/mol. The van der Waals surface area contributed by atoms with Crippen molar-refractivity contribution in [2.75, 3.05) is 26.4 Å². The van der Waals surface area contributed by atoms with Gasteiger partial charge < -0.3 is 18.9 Å². The second-order valence-corrected chi connectivity index (χ2v) is 11.5. The number of rotatable bonds is 18. The number of carbonyl (C=O) groups is 2. The lowest BCUT2D eigenvalue weighted by atomic mass is 10.0. The van der Waals surface area contributed by atoms with Crippen LogP contribution in [0.1, 0.15) is 79.1 Å². The van der Waals surface area contributed by atoms with Crippen molar-refractivity contribution < 1.29 is 28.5 Å². The van der Waals surface area contributed by atoms with Gasteiger partial charge in [0.05, 0.1) is 13.2 Å². The fourth-order valence-electron chi connectivity index (χ4n) is 4.97. The van der Waals surface area contributed by atoms with Gasteiger partial charge >= 0.3 is 11.9 Å². The number of hydrogen-bond acceptors (Lipinski definition) is 6. The van der Waals surface area contributed by atoms with Crippen LogP contribution in [-0.4, -0.2) is 38.4 Å². The highest BCUT2D eigenvalue weighted by atomic mass is 79.9. The third-order valence-corrected chi connectivity index (χ3v) is 8.28. The van der Waals surface area contributed by atoms with E-state index in [0.717, 1.165) is 77.4 Å². The normalized spacial score (nSPS) is 12.7. The lowest BCUT2D eigenvalue weighted by Gasteiger charge is -2.19. The fourth-order valence-corrected chi connectivity index (χ4v) is 5.52. The average Bonchev–Trinajstić information content (AvgIpc) is 2.99. The zero-order valence-electron chi connectivity index (χ0n) is 25.0. The zero-order valence-corrected chi connectivity index (χ0v) is 26.6. The van der Waals surface area contributed by atoms with E-state index in [4.69, 9.17) is 18.9 Å². The first-order valence-electron chi connectivity index (χ1n) is 15.1. The molecule has 0 saturated carbocycles. The molecular formula is C34H45BrO6. The maximum atomic E-state index is 12.7. The molecule has 0 amide bonds. The topological polar surface area (TPSA) is 71.1 Å². The third-order valence-electron chi connectivity index (χ3n) is 7.62. The summed E-state index contributed by atoms with van der Waals surface area (Å²) in [4.78, 5) is 25.3. The number of carbonyl (C=O) groups excluding carboxylic acids is 2. The second-order valence-electron chi connectivity index (χ2n) is 10.6. The van der Waals surface area contributed by atoms with Crippen molar-refractivity contribution in [3.63, 3.8) is 0 Å². The minimum absolute atomic E-state index is 0.195. The molecule has 0 fully saturated rings. The molecule has 0 N–H and O–H groups in total. The van der Waals surface area contributed by atoms with E-state index in [1.165, 1.54) is 0 Å². The number of hydrogen-bond donors (Lipinski definition) is 0. The average molecular weight is 630 g/mol. The SMILES string of the molecule is CCCCC(CC)COC(=O)COc1c2ccccc2c(OCC(=O)OCC(CC)CCCC)c2c(Br)cccc12. The molecule has 0 heterocycles. The van der Waals surface area contributed by atoms with Crippen LogP contribution in [0, 0.1) is 11.8 Å². The van der Waals surface area contributed by atoms with Gasteiger partial charge in [-0.05, 0) is 30.7 Å². The summed E-state index contributed by atoms with van der Waals surface area (Å²) in [6.45, 7) is 9.00. The summed E-state index contributed by atoms with van der Waals surface area (Å²) in [6.07, 6.45) is 8.57. The van der Waals surface area contributed by atoms with Crippen LogP contribution in [0.4, 0.5) is 0 Å². The van der Waals surface area contributed by atoms with E-state index in [2.05, 4.69) is 43.6 Å². The summed E-state index contributed by atoms with van der Waals surface area (Å²) in [5, 5.41) is 3.11. The lowest BCUT2D eigenvalue weighted by molar-refractivity contribution is -0.148. The van der Waals surface area contributed by atoms with Gasteiger partial charge in [-0.15, -0.1) is 0 Å². The second kappa shape index (κ2) is 17.2. The lowest BCUT2D eigenvalue weighted by Crippen LogP contribution is -2.20. The number of unbranched alkanes of at least 4 members (excludes halogenated alkanes) is 2. The molecule has 3 aromatic rings. The molecule has 3 rings (SSSR count). The minimum atomic E-state index is -0.392. The standard InChI is InChI=1S/C34H45BrO6/c1-5-9-14-24(7-3)20-38-30(36)22-40-33-26-16-11-12-17-27(26)34(32-28(33)18-13-19-29(32)35)41-23-31(37)39-21-25(8-4)15-10-6-2/h11-13,16-19,24-25H,5-10,14-15,20-23H2,1-4H3. The maximum Gasteiger partial charge on any atom is 0.344 e. The summed E-state index contributed by atoms with van der Waals surface area (Å²) in [5.41, 5.74) is 0. The van der Waals surface area contributed by atoms with Crippen molar-refractivity contribution >= 4 is 49.4 Å². The van der Waals surface area contributed by atoms with Gasteiger partial charge in [0, 0.05) is 26.0 Å². The predicted octanol–water partition coefficient (Wildman–Crippen LogP) is 9.03. The minimum Gasteiger partial charge on any atom is -0.481 e. The zero-order chi connectivity index (χ0) is 29.6. The number of benzene rings is 3. The molecule has 41 heavy (non-hydrogen) atoms. The third kappa shape index (κ3) is 9.35.